The number of hydrogen-bond acceptors (Lipinski definition) is 6. The molecule has 6 heteroatoms. The fourth-order valence-corrected chi connectivity index (χ4v) is 3.49. The van der Waals surface area contributed by atoms with Crippen LogP contribution in [0.2, 0.25) is 0 Å². The standard InChI is InChI=1S/C23H20N2O4/c1-2-3-12-27-15-10-8-14(9-11-15)19-17(13-24)22(25)29-21-16-6-4-5-7-18(16)28-23(26)20(19)21/h4-11,19H,2-3,12,25H2,1H3. The molecule has 2 aromatic carbocycles. The van der Waals surface area contributed by atoms with Crippen LogP contribution in [0.4, 0.5) is 0 Å². The first kappa shape index (κ1) is 18.6. The van der Waals surface area contributed by atoms with Crippen LogP contribution < -0.4 is 20.8 Å². The summed E-state index contributed by atoms with van der Waals surface area (Å²) in [6.45, 7) is 2.74. The molecule has 6 nitrogen and oxygen atoms in total. The maximum atomic E-state index is 12.8. The first-order valence-electron chi connectivity index (χ1n) is 9.50. The maximum absolute atomic E-state index is 12.8. The van der Waals surface area contributed by atoms with E-state index < -0.39 is 11.5 Å². The Kier molecular flexibility index (Phi) is 4.96. The van der Waals surface area contributed by atoms with Crippen molar-refractivity contribution in [2.75, 3.05) is 6.61 Å². The van der Waals surface area contributed by atoms with Crippen molar-refractivity contribution in [3.05, 3.63) is 81.5 Å². The number of para-hydroxylation sites is 1. The monoisotopic (exact) mass is 388 g/mol. The van der Waals surface area contributed by atoms with E-state index in [9.17, 15) is 10.1 Å². The second-order valence-electron chi connectivity index (χ2n) is 6.82. The number of allylic oxidation sites excluding steroid dienone is 1. The van der Waals surface area contributed by atoms with Gasteiger partial charge in [-0.2, -0.15) is 5.26 Å². The molecule has 4 rings (SSSR count). The van der Waals surface area contributed by atoms with E-state index in [0.29, 0.717) is 23.3 Å². The van der Waals surface area contributed by atoms with Crippen molar-refractivity contribution in [1.82, 2.24) is 0 Å². The fraction of sp³-hybridized carbons (Fsp3) is 0.217. The quantitative estimate of drug-likeness (QED) is 0.520. The third-order valence-electron chi connectivity index (χ3n) is 4.95. The molecule has 0 bridgehead atoms. The summed E-state index contributed by atoms with van der Waals surface area (Å²) in [5, 5.41) is 10.3. The normalized spacial score (nSPS) is 15.5. The van der Waals surface area contributed by atoms with E-state index in [-0.39, 0.29) is 17.0 Å². The predicted octanol–water partition coefficient (Wildman–Crippen LogP) is 4.19. The van der Waals surface area contributed by atoms with Gasteiger partial charge in [0.25, 0.3) is 0 Å². The topological polar surface area (TPSA) is 98.5 Å². The van der Waals surface area contributed by atoms with Crippen molar-refractivity contribution >= 4 is 11.0 Å². The predicted molar refractivity (Wildman–Crippen MR) is 109 cm³/mol. The first-order valence-corrected chi connectivity index (χ1v) is 9.50. The SMILES string of the molecule is CCCCOc1ccc(C2C(C#N)=C(N)Oc3c2c(=O)oc2ccccc32)cc1. The van der Waals surface area contributed by atoms with Crippen LogP contribution in [0.25, 0.3) is 11.0 Å². The summed E-state index contributed by atoms with van der Waals surface area (Å²) < 4.78 is 16.9. The Morgan fingerprint density at radius 1 is 1.17 bits per heavy atom. The largest absolute Gasteiger partial charge is 0.494 e. The highest BCUT2D eigenvalue weighted by Crippen LogP contribution is 2.43. The first-order chi connectivity index (χ1) is 14.1. The number of ether oxygens (including phenoxy) is 2. The minimum Gasteiger partial charge on any atom is -0.494 e. The van der Waals surface area contributed by atoms with Crippen molar-refractivity contribution in [2.45, 2.75) is 25.7 Å². The lowest BCUT2D eigenvalue weighted by Gasteiger charge is -2.26. The molecule has 0 radical (unpaired) electrons. The molecule has 0 saturated carbocycles. The van der Waals surface area contributed by atoms with Crippen molar-refractivity contribution < 1.29 is 13.9 Å². The molecular weight excluding hydrogens is 368 g/mol. The Balaban J connectivity index is 1.84. The van der Waals surface area contributed by atoms with Gasteiger partial charge in [0.1, 0.15) is 23.0 Å². The van der Waals surface area contributed by atoms with Crippen molar-refractivity contribution in [3.8, 4) is 17.6 Å². The summed E-state index contributed by atoms with van der Waals surface area (Å²) in [5.41, 5.74) is 7.11. The average Bonchev–Trinajstić information content (AvgIpc) is 2.74. The van der Waals surface area contributed by atoms with Gasteiger partial charge in [0, 0.05) is 0 Å². The van der Waals surface area contributed by atoms with Crippen LogP contribution in [0.3, 0.4) is 0 Å². The van der Waals surface area contributed by atoms with Crippen LogP contribution in [0.15, 0.2) is 69.2 Å². The zero-order valence-electron chi connectivity index (χ0n) is 16.0. The number of benzene rings is 2. The number of nitrogens with two attached hydrogens (primary N) is 1. The van der Waals surface area contributed by atoms with Gasteiger partial charge in [0.2, 0.25) is 5.88 Å². The van der Waals surface area contributed by atoms with Crippen LogP contribution in [-0.2, 0) is 0 Å². The summed E-state index contributed by atoms with van der Waals surface area (Å²) in [6, 6.07) is 16.5. The van der Waals surface area contributed by atoms with Crippen LogP contribution in [0.5, 0.6) is 11.5 Å². The molecule has 29 heavy (non-hydrogen) atoms. The summed E-state index contributed by atoms with van der Waals surface area (Å²) in [5.74, 6) is 0.385. The summed E-state index contributed by atoms with van der Waals surface area (Å²) in [4.78, 5) is 12.8. The van der Waals surface area contributed by atoms with Gasteiger partial charge in [0.05, 0.1) is 23.5 Å². The highest BCUT2D eigenvalue weighted by atomic mass is 16.5. The lowest BCUT2D eigenvalue weighted by molar-refractivity contribution is 0.309. The molecular formula is C23H20N2O4. The Hall–Kier alpha value is -3.72. The zero-order valence-corrected chi connectivity index (χ0v) is 16.0. The van der Waals surface area contributed by atoms with E-state index in [4.69, 9.17) is 19.6 Å². The number of unbranched alkanes of at least 4 members (excludes halogenated alkanes) is 1. The third kappa shape index (κ3) is 3.32. The van der Waals surface area contributed by atoms with Gasteiger partial charge in [-0.1, -0.05) is 37.6 Å². The van der Waals surface area contributed by atoms with E-state index in [1.807, 2.05) is 30.3 Å². The highest BCUT2D eigenvalue weighted by Gasteiger charge is 2.35. The van der Waals surface area contributed by atoms with E-state index >= 15 is 0 Å². The number of fused-ring (bicyclic) bond motifs is 3. The maximum Gasteiger partial charge on any atom is 0.344 e. The van der Waals surface area contributed by atoms with Crippen molar-refractivity contribution in [2.24, 2.45) is 5.73 Å². The van der Waals surface area contributed by atoms with Gasteiger partial charge in [-0.3, -0.25) is 0 Å². The minimum absolute atomic E-state index is 0.0102. The number of nitriles is 1. The lowest BCUT2D eigenvalue weighted by Crippen LogP contribution is -2.26. The Morgan fingerprint density at radius 3 is 2.66 bits per heavy atom. The molecule has 0 spiro atoms. The van der Waals surface area contributed by atoms with Crippen molar-refractivity contribution in [1.29, 1.82) is 5.26 Å². The Bertz CT molecular complexity index is 1190. The number of hydrogen-bond donors (Lipinski definition) is 1. The second-order valence-corrected chi connectivity index (χ2v) is 6.82. The summed E-state index contributed by atoms with van der Waals surface area (Å²) in [6.07, 6.45) is 2.03. The van der Waals surface area contributed by atoms with E-state index in [2.05, 4.69) is 13.0 Å². The molecule has 2 N–H and O–H groups in total. The third-order valence-corrected chi connectivity index (χ3v) is 4.95. The van der Waals surface area contributed by atoms with E-state index in [1.165, 1.54) is 0 Å². The summed E-state index contributed by atoms with van der Waals surface area (Å²) in [7, 11) is 0. The van der Waals surface area contributed by atoms with Crippen molar-refractivity contribution in [3.63, 3.8) is 0 Å². The number of rotatable bonds is 5. The molecule has 0 aliphatic carbocycles. The highest BCUT2D eigenvalue weighted by molar-refractivity contribution is 5.86. The molecule has 1 atom stereocenters. The second kappa shape index (κ2) is 7.72. The minimum atomic E-state index is -0.672. The van der Waals surface area contributed by atoms with E-state index in [0.717, 1.165) is 24.2 Å². The van der Waals surface area contributed by atoms with Gasteiger partial charge >= 0.3 is 5.63 Å². The lowest BCUT2D eigenvalue weighted by atomic mass is 9.84. The van der Waals surface area contributed by atoms with Crippen LogP contribution >= 0.6 is 0 Å². The molecule has 1 unspecified atom stereocenters. The van der Waals surface area contributed by atoms with Gasteiger partial charge in [0.15, 0.2) is 5.75 Å². The smallest absolute Gasteiger partial charge is 0.344 e. The molecule has 3 aromatic rings. The number of nitrogens with zero attached hydrogens (tertiary/aromatic N) is 1. The average molecular weight is 388 g/mol. The summed E-state index contributed by atoms with van der Waals surface area (Å²) >= 11 is 0. The van der Waals surface area contributed by atoms with Gasteiger partial charge in [-0.25, -0.2) is 4.79 Å². The van der Waals surface area contributed by atoms with Crippen LogP contribution in [0, 0.1) is 11.3 Å². The van der Waals surface area contributed by atoms with E-state index in [1.54, 1.807) is 18.2 Å². The van der Waals surface area contributed by atoms with Crippen LogP contribution in [0.1, 0.15) is 36.8 Å². The zero-order chi connectivity index (χ0) is 20.4. The molecule has 0 amide bonds. The Morgan fingerprint density at radius 2 is 1.93 bits per heavy atom. The molecule has 1 aromatic heterocycles. The molecule has 1 aliphatic rings. The fourth-order valence-electron chi connectivity index (χ4n) is 3.49. The molecule has 0 fully saturated rings. The molecule has 0 saturated heterocycles. The molecule has 146 valence electrons. The van der Waals surface area contributed by atoms with Gasteiger partial charge in [-0.15, -0.1) is 0 Å². The van der Waals surface area contributed by atoms with Gasteiger partial charge < -0.3 is 19.6 Å². The molecule has 1 aliphatic heterocycles. The molecule has 2 heterocycles. The Labute approximate surface area is 167 Å². The van der Waals surface area contributed by atoms with Crippen LogP contribution in [-0.4, -0.2) is 6.61 Å². The van der Waals surface area contributed by atoms with Gasteiger partial charge in [-0.05, 0) is 36.2 Å².